The molecule has 28 heavy (non-hydrogen) atoms. The van der Waals surface area contributed by atoms with Gasteiger partial charge in [0.1, 0.15) is 6.33 Å². The lowest BCUT2D eigenvalue weighted by atomic mass is 9.91. The van der Waals surface area contributed by atoms with Crippen LogP contribution in [0, 0.1) is 5.41 Å². The highest BCUT2D eigenvalue weighted by molar-refractivity contribution is 6.30. The van der Waals surface area contributed by atoms with Crippen molar-refractivity contribution in [1.82, 2.24) is 19.5 Å². The van der Waals surface area contributed by atoms with Gasteiger partial charge in [-0.1, -0.05) is 37.6 Å². The Hall–Kier alpha value is -2.73. The number of nitrogens with zero attached hydrogens (tertiary/aromatic N) is 5. The Labute approximate surface area is 168 Å². The fraction of sp³-hybridized carbons (Fsp3) is 0.333. The zero-order valence-electron chi connectivity index (χ0n) is 16.0. The van der Waals surface area contributed by atoms with E-state index >= 15 is 0 Å². The molecule has 7 heteroatoms. The topological polar surface area (TPSA) is 63.9 Å². The highest BCUT2D eigenvalue weighted by atomic mass is 35.5. The van der Waals surface area contributed by atoms with Crippen LogP contribution in [0.5, 0.6) is 0 Å². The van der Waals surface area contributed by atoms with Crippen LogP contribution in [0.2, 0.25) is 5.02 Å². The summed E-state index contributed by atoms with van der Waals surface area (Å²) < 4.78 is 1.77. The molecule has 144 valence electrons. The van der Waals surface area contributed by atoms with Gasteiger partial charge in [-0.05, 0) is 30.2 Å². The molecule has 0 bridgehead atoms. The lowest BCUT2D eigenvalue weighted by Crippen LogP contribution is -2.48. The van der Waals surface area contributed by atoms with E-state index in [9.17, 15) is 4.79 Å². The van der Waals surface area contributed by atoms with Crippen molar-refractivity contribution in [3.8, 4) is 11.4 Å². The molecule has 3 heterocycles. The van der Waals surface area contributed by atoms with Gasteiger partial charge >= 0.3 is 0 Å². The van der Waals surface area contributed by atoms with Gasteiger partial charge < -0.3 is 4.90 Å². The molecule has 0 atom stereocenters. The number of benzene rings is 1. The third kappa shape index (κ3) is 3.92. The molecule has 0 aliphatic carbocycles. The van der Waals surface area contributed by atoms with Crippen molar-refractivity contribution in [2.45, 2.75) is 26.8 Å². The van der Waals surface area contributed by atoms with Crippen molar-refractivity contribution in [2.24, 2.45) is 5.41 Å². The van der Waals surface area contributed by atoms with Gasteiger partial charge in [0.05, 0.1) is 11.4 Å². The summed E-state index contributed by atoms with van der Waals surface area (Å²) in [6.45, 7) is 6.57. The van der Waals surface area contributed by atoms with Gasteiger partial charge in [0.25, 0.3) is 5.56 Å². The maximum Gasteiger partial charge on any atom is 0.255 e. The maximum atomic E-state index is 12.8. The van der Waals surface area contributed by atoms with Crippen molar-refractivity contribution < 1.29 is 0 Å². The van der Waals surface area contributed by atoms with E-state index in [1.807, 2.05) is 18.2 Å². The molecule has 4 rings (SSSR count). The third-order valence-corrected chi connectivity index (χ3v) is 5.11. The van der Waals surface area contributed by atoms with E-state index in [0.29, 0.717) is 23.9 Å². The average Bonchev–Trinajstić information content (AvgIpc) is 2.67. The van der Waals surface area contributed by atoms with Crippen LogP contribution in [-0.2, 0) is 13.0 Å². The van der Waals surface area contributed by atoms with Gasteiger partial charge in [0.15, 0.2) is 0 Å². The van der Waals surface area contributed by atoms with Crippen LogP contribution < -0.4 is 10.5 Å². The first-order valence-corrected chi connectivity index (χ1v) is 9.67. The lowest BCUT2D eigenvalue weighted by Gasteiger charge is -2.40. The Morgan fingerprint density at radius 1 is 1.14 bits per heavy atom. The summed E-state index contributed by atoms with van der Waals surface area (Å²) in [5.41, 5.74) is 2.31. The number of rotatable bonds is 4. The van der Waals surface area contributed by atoms with Crippen molar-refractivity contribution in [1.29, 1.82) is 0 Å². The number of hydrogen-bond donors (Lipinski definition) is 0. The smallest absolute Gasteiger partial charge is 0.255 e. The minimum Gasteiger partial charge on any atom is -0.341 e. The highest BCUT2D eigenvalue weighted by Crippen LogP contribution is 2.30. The predicted octanol–water partition coefficient (Wildman–Crippen LogP) is 3.44. The van der Waals surface area contributed by atoms with Crippen molar-refractivity contribution >= 4 is 17.5 Å². The van der Waals surface area contributed by atoms with Crippen molar-refractivity contribution in [3.63, 3.8) is 0 Å². The van der Waals surface area contributed by atoms with Gasteiger partial charge in [0.2, 0.25) is 5.95 Å². The molecule has 1 aliphatic heterocycles. The molecule has 0 radical (unpaired) electrons. The Morgan fingerprint density at radius 3 is 2.75 bits per heavy atom. The monoisotopic (exact) mass is 395 g/mol. The van der Waals surface area contributed by atoms with E-state index in [2.05, 4.69) is 34.8 Å². The molecule has 0 amide bonds. The van der Waals surface area contributed by atoms with Gasteiger partial charge in [-0.2, -0.15) is 0 Å². The number of hydrogen-bond acceptors (Lipinski definition) is 5. The first-order chi connectivity index (χ1) is 13.4. The molecule has 6 nitrogen and oxygen atoms in total. The quantitative estimate of drug-likeness (QED) is 0.677. The van der Waals surface area contributed by atoms with Crippen LogP contribution in [0.1, 0.15) is 19.4 Å². The van der Waals surface area contributed by atoms with E-state index in [-0.39, 0.29) is 11.0 Å². The molecule has 0 saturated heterocycles. The highest BCUT2D eigenvalue weighted by Gasteiger charge is 2.32. The minimum absolute atomic E-state index is 0.0245. The lowest BCUT2D eigenvalue weighted by molar-refractivity contribution is 0.274. The molecule has 0 fully saturated rings. The predicted molar refractivity (Wildman–Crippen MR) is 111 cm³/mol. The van der Waals surface area contributed by atoms with E-state index in [1.165, 1.54) is 6.33 Å². The fourth-order valence-corrected chi connectivity index (χ4v) is 3.87. The van der Waals surface area contributed by atoms with Gasteiger partial charge in [0, 0.05) is 42.3 Å². The van der Waals surface area contributed by atoms with Gasteiger partial charge in [-0.25, -0.2) is 15.0 Å². The first kappa shape index (κ1) is 18.6. The number of halogens is 1. The molecule has 0 saturated carbocycles. The summed E-state index contributed by atoms with van der Waals surface area (Å²) in [4.78, 5) is 28.0. The summed E-state index contributed by atoms with van der Waals surface area (Å²) in [6, 6.07) is 11.2. The minimum atomic E-state index is -0.0563. The molecule has 1 aliphatic rings. The number of aromatic nitrogens is 4. The summed E-state index contributed by atoms with van der Waals surface area (Å²) >= 11 is 6.12. The summed E-state index contributed by atoms with van der Waals surface area (Å²) in [5.74, 6) is 0.697. The Balaban J connectivity index is 1.70. The van der Waals surface area contributed by atoms with Crippen LogP contribution in [0.4, 0.5) is 5.95 Å². The van der Waals surface area contributed by atoms with Crippen molar-refractivity contribution in [2.75, 3.05) is 18.0 Å². The normalized spacial score (nSPS) is 15.3. The molecule has 2 aromatic heterocycles. The molecule has 0 spiro atoms. The molecule has 3 aromatic rings. The molecule has 0 N–H and O–H groups in total. The van der Waals surface area contributed by atoms with Crippen molar-refractivity contribution in [3.05, 3.63) is 69.9 Å². The van der Waals surface area contributed by atoms with E-state index < -0.39 is 0 Å². The Kier molecular flexibility index (Phi) is 4.89. The zero-order valence-corrected chi connectivity index (χ0v) is 16.7. The molecular weight excluding hydrogens is 374 g/mol. The third-order valence-electron chi connectivity index (χ3n) is 4.88. The number of fused-ring (bicyclic) bond motifs is 1. The molecular formula is C21H22ClN5O. The second kappa shape index (κ2) is 7.36. The second-order valence-corrected chi connectivity index (χ2v) is 8.36. The van der Waals surface area contributed by atoms with Gasteiger partial charge in [-0.3, -0.25) is 9.36 Å². The first-order valence-electron chi connectivity index (χ1n) is 9.29. The zero-order chi connectivity index (χ0) is 19.7. The van der Waals surface area contributed by atoms with Crippen LogP contribution in [0.15, 0.2) is 53.7 Å². The summed E-state index contributed by atoms with van der Waals surface area (Å²) in [7, 11) is 0. The molecule has 0 unspecified atom stereocenters. The SMILES string of the molecule is CC1(C)CN(CCc2cccc(Cl)c2)c2nc(-c3ccncn3)cc(=O)n2C1. The largest absolute Gasteiger partial charge is 0.341 e. The van der Waals surface area contributed by atoms with Crippen LogP contribution in [-0.4, -0.2) is 32.6 Å². The standard InChI is InChI=1S/C21H22ClN5O/c1-21(2)12-26(9-7-15-4-3-5-16(22)10-15)20-25-18(11-19(28)27(20)13-21)17-6-8-23-14-24-17/h3-6,8,10-11,14H,7,9,12-13H2,1-2H3. The van der Waals surface area contributed by atoms with E-state index in [0.717, 1.165) is 30.1 Å². The maximum absolute atomic E-state index is 12.8. The molecule has 1 aromatic carbocycles. The van der Waals surface area contributed by atoms with Crippen LogP contribution in [0.25, 0.3) is 11.4 Å². The number of anilines is 1. The fourth-order valence-electron chi connectivity index (χ4n) is 3.66. The Bertz CT molecular complexity index is 1050. The summed E-state index contributed by atoms with van der Waals surface area (Å²) in [6.07, 6.45) is 3.94. The van der Waals surface area contributed by atoms with E-state index in [4.69, 9.17) is 16.6 Å². The van der Waals surface area contributed by atoms with Gasteiger partial charge in [-0.15, -0.1) is 0 Å². The van der Waals surface area contributed by atoms with Crippen LogP contribution in [0.3, 0.4) is 0 Å². The second-order valence-electron chi connectivity index (χ2n) is 7.93. The van der Waals surface area contributed by atoms with E-state index in [1.54, 1.807) is 22.9 Å². The summed E-state index contributed by atoms with van der Waals surface area (Å²) in [5, 5.41) is 0.734. The Morgan fingerprint density at radius 2 is 2.00 bits per heavy atom. The van der Waals surface area contributed by atoms with Crippen LogP contribution >= 0.6 is 11.6 Å². The average molecular weight is 396 g/mol.